The van der Waals surface area contributed by atoms with E-state index in [0.717, 1.165) is 0 Å². The van der Waals surface area contributed by atoms with Gasteiger partial charge in [0.2, 0.25) is 0 Å². The highest BCUT2D eigenvalue weighted by atomic mass is 16.5. The van der Waals surface area contributed by atoms with Crippen LogP contribution in [-0.2, 0) is 0 Å². The van der Waals surface area contributed by atoms with E-state index in [2.05, 4.69) is 0 Å². The fourth-order valence-electron chi connectivity index (χ4n) is 1.05. The van der Waals surface area contributed by atoms with Crippen molar-refractivity contribution in [1.29, 1.82) is 0 Å². The molecule has 4 nitrogen and oxygen atoms in total. The van der Waals surface area contributed by atoms with E-state index in [0.29, 0.717) is 19.3 Å². The first-order valence-electron chi connectivity index (χ1n) is 4.23. The maximum atomic E-state index is 9.09. The van der Waals surface area contributed by atoms with Gasteiger partial charge in [0, 0.05) is 12.5 Å². The van der Waals surface area contributed by atoms with Gasteiger partial charge in [0.1, 0.15) is 0 Å². The van der Waals surface area contributed by atoms with Crippen molar-refractivity contribution in [3.8, 4) is 0 Å². The molecule has 0 aliphatic carbocycles. The van der Waals surface area contributed by atoms with Crippen molar-refractivity contribution in [2.75, 3.05) is 6.61 Å². The number of aliphatic hydroxyl groups is 4. The Bertz CT molecular complexity index is 103. The second kappa shape index (κ2) is 6.37. The molecule has 74 valence electrons. The minimum Gasteiger partial charge on any atom is -0.396 e. The molecule has 0 rings (SSSR count). The molecule has 2 unspecified atom stereocenters. The number of hydrogen-bond acceptors (Lipinski definition) is 4. The van der Waals surface area contributed by atoms with E-state index >= 15 is 0 Å². The molecule has 0 saturated heterocycles. The molecule has 2 atom stereocenters. The van der Waals surface area contributed by atoms with Crippen LogP contribution in [0.3, 0.4) is 0 Å². The zero-order valence-corrected chi connectivity index (χ0v) is 7.35. The maximum absolute atomic E-state index is 9.09. The van der Waals surface area contributed by atoms with Crippen LogP contribution in [0, 0.1) is 5.92 Å². The van der Waals surface area contributed by atoms with Gasteiger partial charge in [-0.2, -0.15) is 0 Å². The third kappa shape index (κ3) is 5.49. The molecule has 0 aromatic carbocycles. The molecular formula is C8H18O4. The topological polar surface area (TPSA) is 80.9 Å². The van der Waals surface area contributed by atoms with E-state index in [1.165, 1.54) is 0 Å². The summed E-state index contributed by atoms with van der Waals surface area (Å²) < 4.78 is 0. The first-order valence-corrected chi connectivity index (χ1v) is 4.23. The molecule has 0 heterocycles. The fraction of sp³-hybridized carbons (Fsp3) is 1.00. The summed E-state index contributed by atoms with van der Waals surface area (Å²) in [6.45, 7) is 1.56. The summed E-state index contributed by atoms with van der Waals surface area (Å²) in [5.74, 6) is -0.149. The van der Waals surface area contributed by atoms with Crippen LogP contribution < -0.4 is 0 Å². The predicted octanol–water partition coefficient (Wildman–Crippen LogP) is -0.543. The smallest absolute Gasteiger partial charge is 0.151 e. The second-order valence-electron chi connectivity index (χ2n) is 3.09. The summed E-state index contributed by atoms with van der Waals surface area (Å²) >= 11 is 0. The van der Waals surface area contributed by atoms with Crippen LogP contribution in [0.2, 0.25) is 0 Å². The largest absolute Gasteiger partial charge is 0.396 e. The number of hydrogen-bond donors (Lipinski definition) is 4. The van der Waals surface area contributed by atoms with E-state index < -0.39 is 12.4 Å². The lowest BCUT2D eigenvalue weighted by Crippen LogP contribution is -2.20. The third-order valence-corrected chi connectivity index (χ3v) is 1.95. The van der Waals surface area contributed by atoms with Gasteiger partial charge in [-0.05, 0) is 26.2 Å². The third-order valence-electron chi connectivity index (χ3n) is 1.95. The van der Waals surface area contributed by atoms with Gasteiger partial charge in [-0.3, -0.25) is 0 Å². The summed E-state index contributed by atoms with van der Waals surface area (Å²) in [6.07, 6.45) is -0.299. The lowest BCUT2D eigenvalue weighted by molar-refractivity contribution is -0.0487. The van der Waals surface area contributed by atoms with Crippen LogP contribution in [0.25, 0.3) is 0 Å². The average Bonchev–Trinajstić information content (AvgIpc) is 1.96. The highest BCUT2D eigenvalue weighted by Gasteiger charge is 2.13. The monoisotopic (exact) mass is 178 g/mol. The molecule has 0 saturated carbocycles. The molecule has 0 amide bonds. The summed E-state index contributed by atoms with van der Waals surface area (Å²) in [7, 11) is 0. The van der Waals surface area contributed by atoms with Crippen molar-refractivity contribution in [2.24, 2.45) is 5.92 Å². The van der Waals surface area contributed by atoms with Gasteiger partial charge in [-0.1, -0.05) is 0 Å². The van der Waals surface area contributed by atoms with E-state index in [1.807, 2.05) is 0 Å². The van der Waals surface area contributed by atoms with Crippen molar-refractivity contribution < 1.29 is 20.4 Å². The normalized spacial score (nSPS) is 16.5. The van der Waals surface area contributed by atoms with Gasteiger partial charge in [0.15, 0.2) is 6.29 Å². The molecule has 12 heavy (non-hydrogen) atoms. The van der Waals surface area contributed by atoms with Gasteiger partial charge in [0.25, 0.3) is 0 Å². The predicted molar refractivity (Wildman–Crippen MR) is 44.3 cm³/mol. The first kappa shape index (κ1) is 11.8. The minimum absolute atomic E-state index is 0.0564. The molecule has 4 heteroatoms. The Hall–Kier alpha value is -0.160. The molecular weight excluding hydrogens is 160 g/mol. The zero-order valence-electron chi connectivity index (χ0n) is 7.35. The molecule has 0 aromatic rings. The Kier molecular flexibility index (Phi) is 6.28. The zero-order chi connectivity index (χ0) is 9.56. The van der Waals surface area contributed by atoms with E-state index in [-0.39, 0.29) is 12.5 Å². The van der Waals surface area contributed by atoms with Crippen molar-refractivity contribution in [3.05, 3.63) is 0 Å². The molecule has 0 radical (unpaired) electrons. The Morgan fingerprint density at radius 2 is 1.67 bits per heavy atom. The summed E-state index contributed by atoms with van der Waals surface area (Å²) in [6, 6.07) is 0. The summed E-state index contributed by atoms with van der Waals surface area (Å²) in [5, 5.41) is 34.9. The highest BCUT2D eigenvalue weighted by molar-refractivity contribution is 4.63. The fourth-order valence-corrected chi connectivity index (χ4v) is 1.05. The van der Waals surface area contributed by atoms with E-state index in [9.17, 15) is 0 Å². The number of rotatable bonds is 6. The summed E-state index contributed by atoms with van der Waals surface area (Å²) in [5.41, 5.74) is 0. The van der Waals surface area contributed by atoms with E-state index in [4.69, 9.17) is 20.4 Å². The lowest BCUT2D eigenvalue weighted by atomic mass is 9.98. The lowest BCUT2D eigenvalue weighted by Gasteiger charge is -2.16. The van der Waals surface area contributed by atoms with Crippen molar-refractivity contribution >= 4 is 0 Å². The maximum Gasteiger partial charge on any atom is 0.151 e. The standard InChI is InChI=1S/C8H18O4/c1-6(10)7(5-9)3-2-4-8(11)12/h6-12H,2-5H2,1H3. The van der Waals surface area contributed by atoms with E-state index in [1.54, 1.807) is 6.92 Å². The molecule has 0 aliphatic heterocycles. The van der Waals surface area contributed by atoms with Gasteiger partial charge < -0.3 is 20.4 Å². The quantitative estimate of drug-likeness (QED) is 0.412. The second-order valence-corrected chi connectivity index (χ2v) is 3.09. The van der Waals surface area contributed by atoms with Crippen LogP contribution in [-0.4, -0.2) is 39.4 Å². The van der Waals surface area contributed by atoms with Crippen LogP contribution in [0.4, 0.5) is 0 Å². The first-order chi connectivity index (χ1) is 5.57. The molecule has 0 fully saturated rings. The van der Waals surface area contributed by atoms with Crippen LogP contribution >= 0.6 is 0 Å². The van der Waals surface area contributed by atoms with Gasteiger partial charge in [-0.25, -0.2) is 0 Å². The van der Waals surface area contributed by atoms with Crippen molar-refractivity contribution in [1.82, 2.24) is 0 Å². The molecule has 4 N–H and O–H groups in total. The minimum atomic E-state index is -1.28. The van der Waals surface area contributed by atoms with Crippen LogP contribution in [0.15, 0.2) is 0 Å². The Labute approximate surface area is 72.5 Å². The Balaban J connectivity index is 3.45. The van der Waals surface area contributed by atoms with Crippen LogP contribution in [0.5, 0.6) is 0 Å². The van der Waals surface area contributed by atoms with Crippen molar-refractivity contribution in [3.63, 3.8) is 0 Å². The Morgan fingerprint density at radius 1 is 1.08 bits per heavy atom. The molecule has 0 spiro atoms. The van der Waals surface area contributed by atoms with Gasteiger partial charge in [0.05, 0.1) is 6.10 Å². The van der Waals surface area contributed by atoms with Crippen LogP contribution in [0.1, 0.15) is 26.2 Å². The summed E-state index contributed by atoms with van der Waals surface area (Å²) in [4.78, 5) is 0. The molecule has 0 bridgehead atoms. The SMILES string of the molecule is CC(O)C(CO)CCCC(O)O. The Morgan fingerprint density at radius 3 is 2.00 bits per heavy atom. The highest BCUT2D eigenvalue weighted by Crippen LogP contribution is 2.12. The van der Waals surface area contributed by atoms with Gasteiger partial charge >= 0.3 is 0 Å². The molecule has 0 aliphatic rings. The average molecular weight is 178 g/mol. The van der Waals surface area contributed by atoms with Crippen molar-refractivity contribution in [2.45, 2.75) is 38.6 Å². The van der Waals surface area contributed by atoms with Gasteiger partial charge in [-0.15, -0.1) is 0 Å². The number of aliphatic hydroxyl groups excluding tert-OH is 3. The molecule has 0 aromatic heterocycles.